The van der Waals surface area contributed by atoms with Crippen LogP contribution in [0.5, 0.6) is 0 Å². The van der Waals surface area contributed by atoms with Gasteiger partial charge in [-0.2, -0.15) is 0 Å². The zero-order valence-electron chi connectivity index (χ0n) is 9.31. The van der Waals surface area contributed by atoms with E-state index in [1.807, 2.05) is 10.8 Å². The molecule has 2 rings (SSSR count). The summed E-state index contributed by atoms with van der Waals surface area (Å²) in [5.74, 6) is -1.39. The third-order valence-corrected chi connectivity index (χ3v) is 3.14. The molecular formula is C11H13BrN2O3. The standard InChI is InChI=1S/C11H13BrN2O3/c1-6(11(16)17)13-10(15)9-4-7(12)5-14(9)8-2-3-8/h4-6,8H,2-3H2,1H3,(H,13,15)(H,16,17). The fourth-order valence-electron chi connectivity index (χ4n) is 1.61. The van der Waals surface area contributed by atoms with Crippen molar-refractivity contribution in [1.29, 1.82) is 0 Å². The minimum atomic E-state index is -1.04. The maximum atomic E-state index is 11.9. The summed E-state index contributed by atoms with van der Waals surface area (Å²) in [4.78, 5) is 22.6. The number of aliphatic carboxylic acids is 1. The van der Waals surface area contributed by atoms with Crippen LogP contribution in [0, 0.1) is 0 Å². The maximum Gasteiger partial charge on any atom is 0.325 e. The molecule has 1 amide bonds. The normalized spacial score (nSPS) is 16.6. The van der Waals surface area contributed by atoms with Crippen molar-refractivity contribution in [3.63, 3.8) is 0 Å². The van der Waals surface area contributed by atoms with Gasteiger partial charge in [0.25, 0.3) is 5.91 Å². The molecule has 0 bridgehead atoms. The topological polar surface area (TPSA) is 71.3 Å². The maximum absolute atomic E-state index is 11.9. The molecule has 92 valence electrons. The van der Waals surface area contributed by atoms with Gasteiger partial charge in [-0.25, -0.2) is 0 Å². The fourth-order valence-corrected chi connectivity index (χ4v) is 2.05. The van der Waals surface area contributed by atoms with Gasteiger partial charge in [0.05, 0.1) is 0 Å². The minimum Gasteiger partial charge on any atom is -0.480 e. The van der Waals surface area contributed by atoms with Crippen molar-refractivity contribution in [2.75, 3.05) is 0 Å². The van der Waals surface area contributed by atoms with E-state index in [9.17, 15) is 9.59 Å². The first-order valence-corrected chi connectivity index (χ1v) is 6.19. The Balaban J connectivity index is 2.15. The van der Waals surface area contributed by atoms with Crippen LogP contribution in [0.2, 0.25) is 0 Å². The van der Waals surface area contributed by atoms with Crippen molar-refractivity contribution < 1.29 is 14.7 Å². The fraction of sp³-hybridized carbons (Fsp3) is 0.455. The highest BCUT2D eigenvalue weighted by molar-refractivity contribution is 9.10. The molecular weight excluding hydrogens is 288 g/mol. The smallest absolute Gasteiger partial charge is 0.325 e. The van der Waals surface area contributed by atoms with Crippen molar-refractivity contribution in [1.82, 2.24) is 9.88 Å². The average molecular weight is 301 g/mol. The van der Waals surface area contributed by atoms with Crippen molar-refractivity contribution in [3.8, 4) is 0 Å². The van der Waals surface area contributed by atoms with E-state index >= 15 is 0 Å². The molecule has 0 saturated heterocycles. The zero-order valence-corrected chi connectivity index (χ0v) is 10.9. The third kappa shape index (κ3) is 2.69. The molecule has 6 heteroatoms. The van der Waals surface area contributed by atoms with Crippen LogP contribution in [0.25, 0.3) is 0 Å². The second-order valence-electron chi connectivity index (χ2n) is 4.22. The number of hydrogen-bond acceptors (Lipinski definition) is 2. The summed E-state index contributed by atoms with van der Waals surface area (Å²) < 4.78 is 2.73. The molecule has 1 fully saturated rings. The summed E-state index contributed by atoms with van der Waals surface area (Å²) in [6.07, 6.45) is 3.99. The van der Waals surface area contributed by atoms with Crippen LogP contribution in [0.4, 0.5) is 0 Å². The molecule has 0 aromatic carbocycles. The number of carbonyl (C=O) groups excluding carboxylic acids is 1. The van der Waals surface area contributed by atoms with Crippen molar-refractivity contribution in [2.24, 2.45) is 0 Å². The van der Waals surface area contributed by atoms with Crippen LogP contribution in [-0.2, 0) is 4.79 Å². The monoisotopic (exact) mass is 300 g/mol. The summed E-state index contributed by atoms with van der Waals surface area (Å²) in [5, 5.41) is 11.2. The van der Waals surface area contributed by atoms with Crippen LogP contribution in [-0.4, -0.2) is 27.6 Å². The second-order valence-corrected chi connectivity index (χ2v) is 5.13. The van der Waals surface area contributed by atoms with Crippen molar-refractivity contribution in [2.45, 2.75) is 31.8 Å². The van der Waals surface area contributed by atoms with Crippen molar-refractivity contribution in [3.05, 3.63) is 22.4 Å². The van der Waals surface area contributed by atoms with Crippen LogP contribution < -0.4 is 5.32 Å². The lowest BCUT2D eigenvalue weighted by Gasteiger charge is -2.11. The Bertz CT molecular complexity index is 465. The lowest BCUT2D eigenvalue weighted by Crippen LogP contribution is -2.39. The molecule has 5 nitrogen and oxygen atoms in total. The first-order chi connectivity index (χ1) is 7.99. The molecule has 1 aromatic heterocycles. The first kappa shape index (κ1) is 12.2. The van der Waals surface area contributed by atoms with Crippen LogP contribution in [0.15, 0.2) is 16.7 Å². The van der Waals surface area contributed by atoms with Crippen molar-refractivity contribution >= 4 is 27.8 Å². The molecule has 0 radical (unpaired) electrons. The van der Waals surface area contributed by atoms with E-state index in [-0.39, 0.29) is 5.91 Å². The van der Waals surface area contributed by atoms with Gasteiger partial charge in [-0.1, -0.05) is 0 Å². The molecule has 1 atom stereocenters. The molecule has 1 aliphatic rings. The Morgan fingerprint density at radius 2 is 2.24 bits per heavy atom. The molecule has 1 heterocycles. The molecule has 1 aromatic rings. The van der Waals surface area contributed by atoms with Crippen LogP contribution >= 0.6 is 15.9 Å². The number of nitrogens with one attached hydrogen (secondary N) is 1. The van der Waals surface area contributed by atoms with E-state index in [4.69, 9.17) is 5.11 Å². The number of halogens is 1. The number of rotatable bonds is 4. The highest BCUT2D eigenvalue weighted by atomic mass is 79.9. The van der Waals surface area contributed by atoms with Gasteiger partial charge in [0.1, 0.15) is 11.7 Å². The summed E-state index contributed by atoms with van der Waals surface area (Å²) in [7, 11) is 0. The second kappa shape index (κ2) is 4.52. The number of amides is 1. The zero-order chi connectivity index (χ0) is 12.6. The Morgan fingerprint density at radius 1 is 1.59 bits per heavy atom. The van der Waals surface area contributed by atoms with E-state index in [0.29, 0.717) is 11.7 Å². The Morgan fingerprint density at radius 3 is 2.76 bits per heavy atom. The van der Waals surface area contributed by atoms with Gasteiger partial charge in [-0.05, 0) is 41.8 Å². The molecule has 0 aliphatic heterocycles. The summed E-state index contributed by atoms with van der Waals surface area (Å²) in [5.41, 5.74) is 0.507. The Kier molecular flexibility index (Phi) is 3.24. The number of carbonyl (C=O) groups is 2. The molecule has 1 saturated carbocycles. The molecule has 1 aliphatic carbocycles. The first-order valence-electron chi connectivity index (χ1n) is 5.40. The highest BCUT2D eigenvalue weighted by Gasteiger charge is 2.28. The molecule has 2 N–H and O–H groups in total. The Hall–Kier alpha value is -1.30. The Labute approximate surface area is 107 Å². The summed E-state index contributed by atoms with van der Waals surface area (Å²) >= 11 is 3.33. The quantitative estimate of drug-likeness (QED) is 0.890. The lowest BCUT2D eigenvalue weighted by molar-refractivity contribution is -0.138. The third-order valence-electron chi connectivity index (χ3n) is 2.71. The van der Waals surface area contributed by atoms with E-state index in [2.05, 4.69) is 21.2 Å². The summed E-state index contributed by atoms with van der Waals surface area (Å²) in [6, 6.07) is 1.20. The predicted molar refractivity (Wildman–Crippen MR) is 65.0 cm³/mol. The van der Waals surface area contributed by atoms with E-state index in [0.717, 1.165) is 17.3 Å². The molecule has 1 unspecified atom stereocenters. The molecule has 17 heavy (non-hydrogen) atoms. The number of nitrogens with zero attached hydrogens (tertiary/aromatic N) is 1. The number of carboxylic acids is 1. The van der Waals surface area contributed by atoms with Gasteiger partial charge in [0, 0.05) is 16.7 Å². The average Bonchev–Trinajstić information content (AvgIpc) is 3.01. The van der Waals surface area contributed by atoms with Gasteiger partial charge in [-0.3, -0.25) is 9.59 Å². The number of hydrogen-bond donors (Lipinski definition) is 2. The molecule has 0 spiro atoms. The largest absolute Gasteiger partial charge is 0.480 e. The van der Waals surface area contributed by atoms with E-state index in [1.165, 1.54) is 6.92 Å². The number of aromatic nitrogens is 1. The van der Waals surface area contributed by atoms with Gasteiger partial charge in [0.15, 0.2) is 0 Å². The highest BCUT2D eigenvalue weighted by Crippen LogP contribution is 2.37. The predicted octanol–water partition coefficient (Wildman–Crippen LogP) is 1.79. The van der Waals surface area contributed by atoms with Gasteiger partial charge in [0.2, 0.25) is 0 Å². The minimum absolute atomic E-state index is 0.350. The SMILES string of the molecule is CC(NC(=O)c1cc(Br)cn1C1CC1)C(=O)O. The van der Waals surface area contributed by atoms with Crippen LogP contribution in [0.3, 0.4) is 0 Å². The lowest BCUT2D eigenvalue weighted by atomic mass is 10.3. The van der Waals surface area contributed by atoms with E-state index in [1.54, 1.807) is 6.07 Å². The summed E-state index contributed by atoms with van der Waals surface area (Å²) in [6.45, 7) is 1.44. The number of carboxylic acid groups (broad SMARTS) is 1. The van der Waals surface area contributed by atoms with Crippen LogP contribution in [0.1, 0.15) is 36.3 Å². The van der Waals surface area contributed by atoms with Gasteiger partial charge < -0.3 is 15.0 Å². The van der Waals surface area contributed by atoms with Gasteiger partial charge in [-0.15, -0.1) is 0 Å². The van der Waals surface area contributed by atoms with E-state index < -0.39 is 12.0 Å². The van der Waals surface area contributed by atoms with Gasteiger partial charge >= 0.3 is 5.97 Å².